The lowest BCUT2D eigenvalue weighted by Gasteiger charge is -2.34. The summed E-state index contributed by atoms with van der Waals surface area (Å²) in [5, 5.41) is 0. The Morgan fingerprint density at radius 3 is 2.44 bits per heavy atom. The fourth-order valence-electron chi connectivity index (χ4n) is 1.81. The predicted molar refractivity (Wildman–Crippen MR) is 59.8 cm³/mol. The molecular formula is C11H20N2O3. The second-order valence-electron chi connectivity index (χ2n) is 5.08. The number of amides is 2. The molecule has 16 heavy (non-hydrogen) atoms. The van der Waals surface area contributed by atoms with Crippen molar-refractivity contribution < 1.29 is 14.3 Å². The van der Waals surface area contributed by atoms with Gasteiger partial charge in [-0.05, 0) is 40.0 Å². The topological polar surface area (TPSA) is 72.6 Å². The maximum Gasteiger partial charge on any atom is 0.329 e. The van der Waals surface area contributed by atoms with Gasteiger partial charge < -0.3 is 15.4 Å². The Bertz CT molecular complexity index is 283. The molecule has 2 amide bonds. The first kappa shape index (κ1) is 12.8. The molecule has 92 valence electrons. The lowest BCUT2D eigenvalue weighted by atomic mass is 10.0. The smallest absolute Gasteiger partial charge is 0.329 e. The van der Waals surface area contributed by atoms with Crippen LogP contribution in [0.1, 0.15) is 40.0 Å². The number of likely N-dealkylation sites (tertiary alicyclic amines) is 1. The standard InChI is InChI=1S/C11H20N2O3/c1-11(2,3)16-9(14)8-6-4-5-7-13(8)10(12)15/h8H,4-7H2,1-3H3,(H2,12,15). The summed E-state index contributed by atoms with van der Waals surface area (Å²) in [6, 6.07) is -1.05. The summed E-state index contributed by atoms with van der Waals surface area (Å²) in [5.74, 6) is -0.356. The summed E-state index contributed by atoms with van der Waals surface area (Å²) in [6.07, 6.45) is 2.45. The normalized spacial score (nSPS) is 21.7. The van der Waals surface area contributed by atoms with Crippen molar-refractivity contribution in [2.24, 2.45) is 5.73 Å². The van der Waals surface area contributed by atoms with Crippen LogP contribution in [0.5, 0.6) is 0 Å². The van der Waals surface area contributed by atoms with E-state index in [4.69, 9.17) is 10.5 Å². The third-order valence-electron chi connectivity index (χ3n) is 2.46. The van der Waals surface area contributed by atoms with Crippen LogP contribution in [0.2, 0.25) is 0 Å². The first-order valence-electron chi connectivity index (χ1n) is 5.60. The van der Waals surface area contributed by atoms with Crippen LogP contribution in [0.4, 0.5) is 4.79 Å². The first-order chi connectivity index (χ1) is 7.31. The highest BCUT2D eigenvalue weighted by Gasteiger charge is 2.34. The molecule has 1 heterocycles. The van der Waals surface area contributed by atoms with Crippen molar-refractivity contribution in [1.82, 2.24) is 4.90 Å². The van der Waals surface area contributed by atoms with E-state index in [2.05, 4.69) is 0 Å². The lowest BCUT2D eigenvalue weighted by Crippen LogP contribution is -2.51. The zero-order valence-corrected chi connectivity index (χ0v) is 10.2. The molecule has 0 aliphatic carbocycles. The molecule has 1 aliphatic rings. The quantitative estimate of drug-likeness (QED) is 0.687. The molecule has 5 heteroatoms. The lowest BCUT2D eigenvalue weighted by molar-refractivity contribution is -0.161. The van der Waals surface area contributed by atoms with E-state index in [0.29, 0.717) is 13.0 Å². The van der Waals surface area contributed by atoms with E-state index in [1.165, 1.54) is 4.90 Å². The first-order valence-corrected chi connectivity index (χ1v) is 5.60. The summed E-state index contributed by atoms with van der Waals surface area (Å²) in [4.78, 5) is 24.4. The second kappa shape index (κ2) is 4.72. The summed E-state index contributed by atoms with van der Waals surface area (Å²) in [6.45, 7) is 5.96. The van der Waals surface area contributed by atoms with E-state index in [0.717, 1.165) is 12.8 Å². The van der Waals surface area contributed by atoms with Crippen LogP contribution in [-0.2, 0) is 9.53 Å². The molecule has 1 aliphatic heterocycles. The monoisotopic (exact) mass is 228 g/mol. The number of urea groups is 1. The van der Waals surface area contributed by atoms with Crippen molar-refractivity contribution in [2.75, 3.05) is 6.54 Å². The Labute approximate surface area is 95.9 Å². The Balaban J connectivity index is 2.68. The SMILES string of the molecule is CC(C)(C)OC(=O)C1CCCCN1C(N)=O. The van der Waals surface area contributed by atoms with Gasteiger partial charge in [0.05, 0.1) is 0 Å². The van der Waals surface area contributed by atoms with Gasteiger partial charge in [0.25, 0.3) is 0 Å². The molecule has 1 rings (SSSR count). The number of ether oxygens (including phenoxy) is 1. The number of piperidine rings is 1. The van der Waals surface area contributed by atoms with Crippen LogP contribution < -0.4 is 5.73 Å². The predicted octanol–water partition coefficient (Wildman–Crippen LogP) is 1.26. The number of carbonyl (C=O) groups is 2. The fourth-order valence-corrected chi connectivity index (χ4v) is 1.81. The van der Waals surface area contributed by atoms with E-state index in [-0.39, 0.29) is 5.97 Å². The van der Waals surface area contributed by atoms with Crippen molar-refractivity contribution in [3.63, 3.8) is 0 Å². The number of rotatable bonds is 1. The molecule has 0 aromatic carbocycles. The minimum Gasteiger partial charge on any atom is -0.458 e. The molecule has 0 aromatic rings. The van der Waals surface area contributed by atoms with Gasteiger partial charge in [0.1, 0.15) is 11.6 Å². The van der Waals surface area contributed by atoms with Crippen molar-refractivity contribution >= 4 is 12.0 Å². The zero-order chi connectivity index (χ0) is 12.3. The number of esters is 1. The summed E-state index contributed by atoms with van der Waals surface area (Å²) >= 11 is 0. The number of nitrogens with zero attached hydrogens (tertiary/aromatic N) is 1. The molecule has 1 fully saturated rings. The number of carbonyl (C=O) groups excluding carboxylic acids is 2. The minimum absolute atomic E-state index is 0.356. The van der Waals surface area contributed by atoms with Gasteiger partial charge in [0.15, 0.2) is 0 Å². The van der Waals surface area contributed by atoms with Crippen LogP contribution in [0, 0.1) is 0 Å². The zero-order valence-electron chi connectivity index (χ0n) is 10.2. The third kappa shape index (κ3) is 3.40. The van der Waals surface area contributed by atoms with Gasteiger partial charge in [0, 0.05) is 6.54 Å². The molecule has 5 nitrogen and oxygen atoms in total. The molecule has 0 spiro atoms. The Morgan fingerprint density at radius 1 is 1.31 bits per heavy atom. The second-order valence-corrected chi connectivity index (χ2v) is 5.08. The molecule has 1 unspecified atom stereocenters. The summed E-state index contributed by atoms with van der Waals surface area (Å²) in [7, 11) is 0. The van der Waals surface area contributed by atoms with Crippen molar-refractivity contribution in [3.05, 3.63) is 0 Å². The average molecular weight is 228 g/mol. The molecular weight excluding hydrogens is 208 g/mol. The molecule has 0 saturated carbocycles. The van der Waals surface area contributed by atoms with Crippen LogP contribution in [0.3, 0.4) is 0 Å². The number of nitrogens with two attached hydrogens (primary N) is 1. The van der Waals surface area contributed by atoms with E-state index >= 15 is 0 Å². The van der Waals surface area contributed by atoms with Gasteiger partial charge in [-0.1, -0.05) is 0 Å². The van der Waals surface area contributed by atoms with E-state index in [1.54, 1.807) is 0 Å². The maximum absolute atomic E-state index is 11.9. The molecule has 0 bridgehead atoms. The number of hydrogen-bond donors (Lipinski definition) is 1. The highest BCUT2D eigenvalue weighted by atomic mass is 16.6. The van der Waals surface area contributed by atoms with Crippen LogP contribution in [0.25, 0.3) is 0 Å². The van der Waals surface area contributed by atoms with Crippen molar-refractivity contribution in [2.45, 2.75) is 51.7 Å². The van der Waals surface area contributed by atoms with Gasteiger partial charge in [0.2, 0.25) is 0 Å². The highest BCUT2D eigenvalue weighted by molar-refractivity contribution is 5.83. The van der Waals surface area contributed by atoms with Crippen LogP contribution in [0.15, 0.2) is 0 Å². The Morgan fingerprint density at radius 2 is 1.94 bits per heavy atom. The summed E-state index contributed by atoms with van der Waals surface area (Å²) in [5.41, 5.74) is 4.71. The molecule has 0 aromatic heterocycles. The molecule has 1 saturated heterocycles. The maximum atomic E-state index is 11.9. The van der Waals surface area contributed by atoms with Crippen LogP contribution >= 0.6 is 0 Å². The average Bonchev–Trinajstić information content (AvgIpc) is 2.15. The highest BCUT2D eigenvalue weighted by Crippen LogP contribution is 2.20. The van der Waals surface area contributed by atoms with E-state index in [1.807, 2.05) is 20.8 Å². The van der Waals surface area contributed by atoms with Gasteiger partial charge in [-0.2, -0.15) is 0 Å². The van der Waals surface area contributed by atoms with Gasteiger partial charge in [-0.15, -0.1) is 0 Å². The number of primary amides is 1. The third-order valence-corrected chi connectivity index (χ3v) is 2.46. The van der Waals surface area contributed by atoms with Crippen molar-refractivity contribution in [1.29, 1.82) is 0 Å². The molecule has 2 N–H and O–H groups in total. The van der Waals surface area contributed by atoms with Gasteiger partial charge in [-0.25, -0.2) is 9.59 Å². The van der Waals surface area contributed by atoms with Gasteiger partial charge in [-0.3, -0.25) is 0 Å². The largest absolute Gasteiger partial charge is 0.458 e. The van der Waals surface area contributed by atoms with Crippen molar-refractivity contribution in [3.8, 4) is 0 Å². The minimum atomic E-state index is -0.546. The molecule has 0 radical (unpaired) electrons. The van der Waals surface area contributed by atoms with Crippen LogP contribution in [-0.4, -0.2) is 35.1 Å². The fraction of sp³-hybridized carbons (Fsp3) is 0.818. The number of hydrogen-bond acceptors (Lipinski definition) is 3. The molecule has 1 atom stereocenters. The van der Waals surface area contributed by atoms with Gasteiger partial charge >= 0.3 is 12.0 Å². The Kier molecular flexibility index (Phi) is 3.78. The summed E-state index contributed by atoms with van der Waals surface area (Å²) < 4.78 is 5.27. The van der Waals surface area contributed by atoms with E-state index < -0.39 is 17.7 Å². The Hall–Kier alpha value is -1.26. The van der Waals surface area contributed by atoms with E-state index in [9.17, 15) is 9.59 Å².